The average Bonchev–Trinajstić information content (AvgIpc) is 3.22. The highest BCUT2D eigenvalue weighted by Gasteiger charge is 2.09. The van der Waals surface area contributed by atoms with E-state index in [0.717, 1.165) is 56.4 Å². The number of methoxy groups -OCH3 is 2. The number of fused-ring (bicyclic) bond motifs is 1. The zero-order valence-corrected chi connectivity index (χ0v) is 17.8. The van der Waals surface area contributed by atoms with Crippen molar-refractivity contribution >= 4 is 21.6 Å². The Labute approximate surface area is 179 Å². The van der Waals surface area contributed by atoms with Gasteiger partial charge in [-0.25, -0.2) is 4.98 Å². The van der Waals surface area contributed by atoms with E-state index in [9.17, 15) is 5.11 Å². The zero-order valence-electron chi connectivity index (χ0n) is 17.0. The van der Waals surface area contributed by atoms with Gasteiger partial charge in [-0.3, -0.25) is 0 Å². The van der Waals surface area contributed by atoms with Crippen LogP contribution in [-0.4, -0.2) is 30.9 Å². The summed E-state index contributed by atoms with van der Waals surface area (Å²) in [5.41, 5.74) is 4.04. The number of hydrogen-bond donors (Lipinski definition) is 2. The number of rotatable bonds is 8. The number of nitrogens with zero attached hydrogens (tertiary/aromatic N) is 1. The van der Waals surface area contributed by atoms with Crippen molar-refractivity contribution in [1.82, 2.24) is 10.3 Å². The van der Waals surface area contributed by atoms with Crippen molar-refractivity contribution in [2.45, 2.75) is 13.0 Å². The van der Waals surface area contributed by atoms with Gasteiger partial charge in [0.05, 0.1) is 24.4 Å². The molecule has 4 rings (SSSR count). The molecule has 1 heterocycles. The molecule has 0 bridgehead atoms. The lowest BCUT2D eigenvalue weighted by atomic mass is 10.1. The maximum Gasteiger partial charge on any atom is 0.160 e. The molecule has 0 unspecified atom stereocenters. The van der Waals surface area contributed by atoms with Crippen LogP contribution in [0.2, 0.25) is 0 Å². The van der Waals surface area contributed by atoms with Crippen molar-refractivity contribution < 1.29 is 14.6 Å². The van der Waals surface area contributed by atoms with Crippen LogP contribution in [0.1, 0.15) is 11.1 Å². The molecule has 0 spiro atoms. The van der Waals surface area contributed by atoms with Gasteiger partial charge >= 0.3 is 0 Å². The van der Waals surface area contributed by atoms with Crippen molar-refractivity contribution in [2.24, 2.45) is 0 Å². The van der Waals surface area contributed by atoms with Gasteiger partial charge in [-0.05, 0) is 61.0 Å². The van der Waals surface area contributed by atoms with Crippen LogP contribution in [0, 0.1) is 0 Å². The Balaban J connectivity index is 1.41. The van der Waals surface area contributed by atoms with Crippen LogP contribution in [0.25, 0.3) is 20.8 Å². The summed E-state index contributed by atoms with van der Waals surface area (Å²) in [6.07, 6.45) is 0.846. The molecule has 0 amide bonds. The normalized spacial score (nSPS) is 11.0. The van der Waals surface area contributed by atoms with E-state index >= 15 is 0 Å². The number of ether oxygens (including phenoxy) is 2. The van der Waals surface area contributed by atoms with Crippen LogP contribution in [-0.2, 0) is 13.0 Å². The molecule has 0 radical (unpaired) electrons. The minimum Gasteiger partial charge on any atom is -0.508 e. The molecule has 0 saturated heterocycles. The molecule has 0 fully saturated rings. The average molecular weight is 421 g/mol. The molecule has 0 saturated carbocycles. The van der Waals surface area contributed by atoms with Crippen LogP contribution >= 0.6 is 11.3 Å². The van der Waals surface area contributed by atoms with E-state index in [4.69, 9.17) is 14.5 Å². The first-order valence-corrected chi connectivity index (χ1v) is 10.6. The summed E-state index contributed by atoms with van der Waals surface area (Å²) >= 11 is 1.66. The third-order valence-corrected chi connectivity index (χ3v) is 6.06. The third-order valence-electron chi connectivity index (χ3n) is 4.97. The van der Waals surface area contributed by atoms with Crippen LogP contribution < -0.4 is 14.8 Å². The molecule has 6 heteroatoms. The van der Waals surface area contributed by atoms with Gasteiger partial charge in [-0.2, -0.15) is 0 Å². The number of para-hydroxylation sites is 1. The lowest BCUT2D eigenvalue weighted by Crippen LogP contribution is -2.16. The molecule has 2 N–H and O–H groups in total. The van der Waals surface area contributed by atoms with E-state index in [1.165, 1.54) is 0 Å². The summed E-state index contributed by atoms with van der Waals surface area (Å²) in [5.74, 6) is 1.75. The number of benzene rings is 3. The first-order valence-electron chi connectivity index (χ1n) is 9.77. The molecule has 5 nitrogen and oxygen atoms in total. The van der Waals surface area contributed by atoms with Gasteiger partial charge in [0, 0.05) is 17.7 Å². The number of nitrogens with one attached hydrogen (secondary N) is 1. The maximum absolute atomic E-state index is 10.3. The summed E-state index contributed by atoms with van der Waals surface area (Å²) in [7, 11) is 3.27. The summed E-state index contributed by atoms with van der Waals surface area (Å²) in [6, 6.07) is 19.7. The van der Waals surface area contributed by atoms with E-state index in [2.05, 4.69) is 11.4 Å². The first kappa shape index (κ1) is 20.2. The predicted molar refractivity (Wildman–Crippen MR) is 122 cm³/mol. The van der Waals surface area contributed by atoms with E-state index < -0.39 is 0 Å². The lowest BCUT2D eigenvalue weighted by Gasteiger charge is -2.11. The number of phenols is 1. The van der Waals surface area contributed by atoms with E-state index in [-0.39, 0.29) is 0 Å². The maximum atomic E-state index is 10.3. The molecule has 30 heavy (non-hydrogen) atoms. The van der Waals surface area contributed by atoms with E-state index in [0.29, 0.717) is 12.3 Å². The van der Waals surface area contributed by atoms with Gasteiger partial charge in [0.15, 0.2) is 11.5 Å². The Bertz CT molecular complexity index is 1120. The zero-order chi connectivity index (χ0) is 20.9. The summed E-state index contributed by atoms with van der Waals surface area (Å²) in [4.78, 5) is 4.71. The molecule has 1 aromatic heterocycles. The van der Waals surface area contributed by atoms with Crippen LogP contribution in [0.5, 0.6) is 17.2 Å². The number of phenolic OH excluding ortho intramolecular Hbond substituents is 1. The Morgan fingerprint density at radius 2 is 1.80 bits per heavy atom. The second kappa shape index (κ2) is 9.15. The molecule has 0 aliphatic heterocycles. The van der Waals surface area contributed by atoms with Crippen molar-refractivity contribution in [3.8, 4) is 27.8 Å². The predicted octanol–water partition coefficient (Wildman–Crippen LogP) is 5.02. The van der Waals surface area contributed by atoms with Gasteiger partial charge in [-0.1, -0.05) is 18.2 Å². The molecular weight excluding hydrogens is 396 g/mol. The minimum absolute atomic E-state index is 0.290. The number of aromatic nitrogens is 1. The highest BCUT2D eigenvalue weighted by molar-refractivity contribution is 7.21. The van der Waals surface area contributed by atoms with Crippen molar-refractivity contribution in [3.63, 3.8) is 0 Å². The van der Waals surface area contributed by atoms with Gasteiger partial charge in [-0.15, -0.1) is 11.3 Å². The second-order valence-electron chi connectivity index (χ2n) is 6.95. The van der Waals surface area contributed by atoms with Crippen molar-refractivity contribution in [3.05, 3.63) is 71.8 Å². The summed E-state index contributed by atoms with van der Waals surface area (Å²) in [6.45, 7) is 1.36. The largest absolute Gasteiger partial charge is 0.508 e. The van der Waals surface area contributed by atoms with Gasteiger partial charge in [0.2, 0.25) is 0 Å². The first-order chi connectivity index (χ1) is 14.7. The van der Waals surface area contributed by atoms with Gasteiger partial charge in [0.25, 0.3) is 0 Å². The fourth-order valence-corrected chi connectivity index (χ4v) is 4.31. The fourth-order valence-electron chi connectivity index (χ4n) is 3.35. The molecule has 154 valence electrons. The Morgan fingerprint density at radius 3 is 2.60 bits per heavy atom. The Hall–Kier alpha value is -3.09. The monoisotopic (exact) mass is 420 g/mol. The Morgan fingerprint density at radius 1 is 0.967 bits per heavy atom. The molecule has 0 atom stereocenters. The smallest absolute Gasteiger partial charge is 0.160 e. The van der Waals surface area contributed by atoms with E-state index in [1.54, 1.807) is 31.6 Å². The van der Waals surface area contributed by atoms with Gasteiger partial charge in [0.1, 0.15) is 10.8 Å². The SMILES string of the molecule is COc1ccc(CCNCc2cc(-c3nc4ccccc4s3)ccc2O)cc1OC. The molecular formula is C24H24N2O3S. The highest BCUT2D eigenvalue weighted by Crippen LogP contribution is 2.32. The minimum atomic E-state index is 0.290. The molecule has 4 aromatic rings. The van der Waals surface area contributed by atoms with Crippen LogP contribution in [0.15, 0.2) is 60.7 Å². The fraction of sp³-hybridized carbons (Fsp3) is 0.208. The standard InChI is InChI=1S/C24H24N2O3S/c1-28-21-10-7-16(13-22(21)29-2)11-12-25-15-18-14-17(8-9-20(18)27)24-26-19-5-3-4-6-23(19)30-24/h3-10,13-14,25,27H,11-12,15H2,1-2H3. The number of thiazole rings is 1. The van der Waals surface area contributed by atoms with Crippen molar-refractivity contribution in [1.29, 1.82) is 0 Å². The second-order valence-corrected chi connectivity index (χ2v) is 7.98. The number of aromatic hydroxyl groups is 1. The van der Waals surface area contributed by atoms with Gasteiger partial charge < -0.3 is 19.9 Å². The van der Waals surface area contributed by atoms with Crippen LogP contribution in [0.4, 0.5) is 0 Å². The topological polar surface area (TPSA) is 63.6 Å². The lowest BCUT2D eigenvalue weighted by molar-refractivity contribution is 0.354. The quantitative estimate of drug-likeness (QED) is 0.392. The molecule has 0 aliphatic rings. The molecule has 3 aromatic carbocycles. The summed E-state index contributed by atoms with van der Waals surface area (Å²) < 4.78 is 11.8. The summed E-state index contributed by atoms with van der Waals surface area (Å²) in [5, 5.41) is 14.7. The van der Waals surface area contributed by atoms with Crippen molar-refractivity contribution in [2.75, 3.05) is 20.8 Å². The highest BCUT2D eigenvalue weighted by atomic mass is 32.1. The molecule has 0 aliphatic carbocycles. The van der Waals surface area contributed by atoms with Crippen LogP contribution in [0.3, 0.4) is 0 Å². The third kappa shape index (κ3) is 4.40. The Kier molecular flexibility index (Phi) is 6.16. The number of hydrogen-bond acceptors (Lipinski definition) is 6. The van der Waals surface area contributed by atoms with E-state index in [1.807, 2.05) is 48.5 Å².